The number of aliphatic hydroxyl groups is 18. The van der Waals surface area contributed by atoms with Crippen molar-refractivity contribution in [2.75, 3.05) is 39.6 Å². The average Bonchev–Trinajstić information content (AvgIpc) is 3.35. The van der Waals surface area contributed by atoms with Crippen LogP contribution >= 0.6 is 0 Å². The zero-order valence-electron chi connectivity index (χ0n) is 38.9. The van der Waals surface area contributed by atoms with Crippen LogP contribution in [0, 0.1) is 0 Å². The molecular weight excluding hydrogens is 1000 g/mol. The van der Waals surface area contributed by atoms with Crippen LogP contribution in [0.15, 0.2) is 0 Å². The average molecular weight is 1070 g/mol. The van der Waals surface area contributed by atoms with Gasteiger partial charge in [-0.15, -0.1) is 0 Å². The molecule has 0 aliphatic carbocycles. The van der Waals surface area contributed by atoms with Gasteiger partial charge in [-0.3, -0.25) is 9.59 Å². The molecule has 33 nitrogen and oxygen atoms in total. The molecule has 6 aliphatic heterocycles. The third-order valence-corrected chi connectivity index (χ3v) is 13.2. The van der Waals surface area contributed by atoms with E-state index in [1.54, 1.807) is 0 Å². The Hall–Kier alpha value is -2.22. The Bertz CT molecular complexity index is 1750. The Labute approximate surface area is 413 Å². The quantitative estimate of drug-likeness (QED) is 0.0606. The second-order valence-electron chi connectivity index (χ2n) is 18.3. The minimum absolute atomic E-state index is 0.806. The van der Waals surface area contributed by atoms with E-state index in [9.17, 15) is 102 Å². The van der Waals surface area contributed by atoms with Gasteiger partial charge in [-0.2, -0.15) is 0 Å². The van der Waals surface area contributed by atoms with E-state index in [0.717, 1.165) is 13.8 Å². The van der Waals surface area contributed by atoms with Gasteiger partial charge in [-0.1, -0.05) is 0 Å². The van der Waals surface area contributed by atoms with E-state index < -0.39 is 236 Å². The number of hydrogen-bond donors (Lipinski definition) is 20. The van der Waals surface area contributed by atoms with Crippen LogP contribution in [0.1, 0.15) is 13.8 Å². The maximum atomic E-state index is 12.5. The molecule has 424 valence electrons. The van der Waals surface area contributed by atoms with Crippen molar-refractivity contribution in [1.29, 1.82) is 0 Å². The second kappa shape index (κ2) is 26.0. The van der Waals surface area contributed by atoms with Gasteiger partial charge < -0.3 is 155 Å². The molecule has 6 saturated heterocycles. The molecule has 6 heterocycles. The van der Waals surface area contributed by atoms with Gasteiger partial charge in [-0.25, -0.2) is 0 Å². The summed E-state index contributed by atoms with van der Waals surface area (Å²) in [6.45, 7) is -3.44. The van der Waals surface area contributed by atoms with Crippen LogP contribution in [0.2, 0.25) is 0 Å². The van der Waals surface area contributed by atoms with Crippen LogP contribution in [0.4, 0.5) is 0 Å². The normalized spacial score (nSPS) is 49.8. The highest BCUT2D eigenvalue weighted by Gasteiger charge is 2.57. The largest absolute Gasteiger partial charge is 0.394 e. The van der Waals surface area contributed by atoms with Gasteiger partial charge in [0.15, 0.2) is 37.7 Å². The number of carbonyl (C=O) groups excluding carboxylic acids is 2. The lowest BCUT2D eigenvalue weighted by Gasteiger charge is -2.49. The lowest BCUT2D eigenvalue weighted by molar-refractivity contribution is -0.378. The van der Waals surface area contributed by atoms with Crippen molar-refractivity contribution in [3.8, 4) is 0 Å². The van der Waals surface area contributed by atoms with Gasteiger partial charge in [0.05, 0.1) is 39.6 Å². The van der Waals surface area contributed by atoms with Gasteiger partial charge in [0.2, 0.25) is 11.8 Å². The number of ether oxygens (including phenoxy) is 11. The summed E-state index contributed by atoms with van der Waals surface area (Å²) >= 11 is 0. The van der Waals surface area contributed by atoms with E-state index in [1.165, 1.54) is 0 Å². The highest BCUT2D eigenvalue weighted by Crippen LogP contribution is 2.36. The standard InChI is InChI=1S/C40H68N2O31/c1-9(48)41-17-23(54)31(71-40-30(61)34(21(52)13(5-45)67-40)73-39-28(59)26(57)20(51)12(4-44)66-39)14(6-46)68-36(17)63-8-16-22(53)33(29(60)35(62)64-16)72-37-18(42-10(2)49)24(55)32(15(7-47)69-37)70-38-27(58)25(56)19(50)11(3-43)65-38/h11-40,43-47,50-62H,3-8H2,1-2H3,(H,41,48)(H,42,49)/t11-,12-,13-,14-,15-,16-,17-,18-,19+,20+,21+,22+,23-,24-,25+,26+,27-,28-,29-,30-,31-,32-,33+,34+,35?,36-,37+,38+,39-,40+/m1/s1. The molecule has 0 saturated carbocycles. The summed E-state index contributed by atoms with van der Waals surface area (Å²) < 4.78 is 62.0. The van der Waals surface area contributed by atoms with Crippen molar-refractivity contribution in [3.05, 3.63) is 0 Å². The number of carbonyl (C=O) groups is 2. The van der Waals surface area contributed by atoms with Crippen LogP contribution in [-0.4, -0.2) is 327 Å². The van der Waals surface area contributed by atoms with Gasteiger partial charge >= 0.3 is 0 Å². The van der Waals surface area contributed by atoms with Crippen molar-refractivity contribution in [2.24, 2.45) is 0 Å². The highest BCUT2D eigenvalue weighted by atomic mass is 16.8. The molecule has 0 aromatic rings. The first-order valence-corrected chi connectivity index (χ1v) is 23.1. The molecule has 6 fully saturated rings. The third kappa shape index (κ3) is 13.0. The first-order chi connectivity index (χ1) is 34.5. The first kappa shape index (κ1) is 60.0. The van der Waals surface area contributed by atoms with E-state index >= 15 is 0 Å². The Morgan fingerprint density at radius 2 is 0.699 bits per heavy atom. The lowest BCUT2D eigenvalue weighted by atomic mass is 9.94. The molecule has 20 N–H and O–H groups in total. The number of hydrogen-bond acceptors (Lipinski definition) is 31. The number of rotatable bonds is 18. The molecule has 33 heteroatoms. The monoisotopic (exact) mass is 1070 g/mol. The Kier molecular flexibility index (Phi) is 21.3. The third-order valence-electron chi connectivity index (χ3n) is 13.2. The lowest BCUT2D eigenvalue weighted by Crippen LogP contribution is -2.69. The second-order valence-corrected chi connectivity index (χ2v) is 18.3. The van der Waals surface area contributed by atoms with Gasteiger partial charge in [0, 0.05) is 13.8 Å². The molecule has 6 aliphatic rings. The van der Waals surface area contributed by atoms with E-state index in [2.05, 4.69) is 10.6 Å². The Balaban J connectivity index is 1.15. The molecule has 1 unspecified atom stereocenters. The highest BCUT2D eigenvalue weighted by molar-refractivity contribution is 5.73. The van der Waals surface area contributed by atoms with Gasteiger partial charge in [0.1, 0.15) is 146 Å². The molecule has 0 aromatic heterocycles. The summed E-state index contributed by atoms with van der Waals surface area (Å²) in [6, 6.07) is -3.37. The topological polar surface area (TPSA) is 524 Å². The van der Waals surface area contributed by atoms with Crippen molar-refractivity contribution >= 4 is 11.8 Å². The van der Waals surface area contributed by atoms with Crippen LogP contribution in [0.3, 0.4) is 0 Å². The number of amides is 2. The van der Waals surface area contributed by atoms with Crippen LogP contribution in [0.25, 0.3) is 0 Å². The SMILES string of the molecule is CC(=O)N[C@H]1[C@H](O[C@H]2[C@@H](O)[C@@H](CO[C@@H]3O[C@H](CO)[C@@H](O[C@@H]4O[C@H](CO)[C@H](O)[C@H](O[C@H]5O[C@H](CO)[C@H](O)[C@H](O)[C@H]5O)[C@H]4O)[C@H](O)[C@H]3NC(C)=O)OC(O)[C@@H]2O)O[C@H](CO)[C@@H](O[C@@H]2O[C@H](CO)[C@H](O)[C@H](O)[C@H]2O)[C@@H]1O. The number of nitrogens with one attached hydrogen (secondary N) is 2. The summed E-state index contributed by atoms with van der Waals surface area (Å²) in [5, 5.41) is 195. The zero-order chi connectivity index (χ0) is 53.9. The predicted molar refractivity (Wildman–Crippen MR) is 222 cm³/mol. The van der Waals surface area contributed by atoms with Crippen molar-refractivity contribution in [1.82, 2.24) is 10.6 Å². The van der Waals surface area contributed by atoms with E-state index in [1.807, 2.05) is 0 Å². The van der Waals surface area contributed by atoms with Crippen LogP contribution < -0.4 is 10.6 Å². The molecule has 6 rings (SSSR count). The summed E-state index contributed by atoms with van der Waals surface area (Å²) in [6.07, 6.45) is -52.1. The molecule has 30 atom stereocenters. The summed E-state index contributed by atoms with van der Waals surface area (Å²) in [5.74, 6) is -1.62. The molecular formula is C40H68N2O31. The fraction of sp³-hybridized carbons (Fsp3) is 0.950. The maximum absolute atomic E-state index is 12.5. The maximum Gasteiger partial charge on any atom is 0.217 e. The van der Waals surface area contributed by atoms with Crippen molar-refractivity contribution < 1.29 is 154 Å². The first-order valence-electron chi connectivity index (χ1n) is 23.1. The molecule has 73 heavy (non-hydrogen) atoms. The molecule has 0 aromatic carbocycles. The Morgan fingerprint density at radius 3 is 1.14 bits per heavy atom. The van der Waals surface area contributed by atoms with Crippen molar-refractivity contribution in [3.63, 3.8) is 0 Å². The van der Waals surface area contributed by atoms with E-state index in [0.29, 0.717) is 0 Å². The fourth-order valence-corrected chi connectivity index (χ4v) is 9.22. The summed E-state index contributed by atoms with van der Waals surface area (Å²) in [7, 11) is 0. The molecule has 2 amide bonds. The minimum Gasteiger partial charge on any atom is -0.394 e. The Morgan fingerprint density at radius 1 is 0.356 bits per heavy atom. The van der Waals surface area contributed by atoms with E-state index in [-0.39, 0.29) is 0 Å². The fourth-order valence-electron chi connectivity index (χ4n) is 9.22. The van der Waals surface area contributed by atoms with Gasteiger partial charge in [-0.05, 0) is 0 Å². The minimum atomic E-state index is -2.19. The smallest absolute Gasteiger partial charge is 0.217 e. The summed E-state index contributed by atoms with van der Waals surface area (Å²) in [5.41, 5.74) is 0. The van der Waals surface area contributed by atoms with E-state index in [4.69, 9.17) is 52.1 Å². The van der Waals surface area contributed by atoms with Crippen molar-refractivity contribution in [2.45, 2.75) is 198 Å². The molecule has 0 radical (unpaired) electrons. The predicted octanol–water partition coefficient (Wildman–Crippen LogP) is -13.8. The van der Waals surface area contributed by atoms with Crippen LogP contribution in [-0.2, 0) is 61.7 Å². The van der Waals surface area contributed by atoms with Crippen LogP contribution in [0.5, 0.6) is 0 Å². The molecule has 0 bridgehead atoms. The molecule has 0 spiro atoms. The van der Waals surface area contributed by atoms with Gasteiger partial charge in [0.25, 0.3) is 0 Å². The zero-order valence-corrected chi connectivity index (χ0v) is 38.9. The summed E-state index contributed by atoms with van der Waals surface area (Å²) in [4.78, 5) is 24.9. The number of aliphatic hydroxyl groups excluding tert-OH is 18.